The van der Waals surface area contributed by atoms with Crippen molar-refractivity contribution in [1.29, 1.82) is 0 Å². The number of amides is 1. The van der Waals surface area contributed by atoms with Gasteiger partial charge in [-0.15, -0.1) is 0 Å². The van der Waals surface area contributed by atoms with Gasteiger partial charge in [-0.05, 0) is 31.4 Å². The number of benzene rings is 1. The van der Waals surface area contributed by atoms with Crippen LogP contribution < -0.4 is 0 Å². The number of sulfonamides is 1. The van der Waals surface area contributed by atoms with Gasteiger partial charge in [0.15, 0.2) is 5.76 Å². The standard InChI is InChI=1S/C18H21N3O4S2/c1-14-18(15(2)25-19-14)27(23,24)21-11-9-20(10-12-21)17(22)8-13-26-16-6-4-3-5-7-16/h3-8,13H,9-12H2,1-2H3/b13-8+. The third kappa shape index (κ3) is 4.42. The van der Waals surface area contributed by atoms with Crippen LogP contribution in [0.1, 0.15) is 11.5 Å². The highest BCUT2D eigenvalue weighted by Gasteiger charge is 2.33. The molecule has 1 saturated heterocycles. The number of aromatic nitrogens is 1. The number of nitrogens with zero attached hydrogens (tertiary/aromatic N) is 3. The largest absolute Gasteiger partial charge is 0.360 e. The molecule has 1 amide bonds. The average Bonchev–Trinajstić information content (AvgIpc) is 3.01. The van der Waals surface area contributed by atoms with Gasteiger partial charge in [0.05, 0.1) is 0 Å². The van der Waals surface area contributed by atoms with E-state index in [-0.39, 0.29) is 29.7 Å². The third-order valence-electron chi connectivity index (χ3n) is 4.27. The summed E-state index contributed by atoms with van der Waals surface area (Å²) in [5.41, 5.74) is 0.354. The summed E-state index contributed by atoms with van der Waals surface area (Å²) < 4.78 is 32.0. The molecule has 2 aromatic rings. The molecule has 1 fully saturated rings. The topological polar surface area (TPSA) is 83.7 Å². The number of hydrogen-bond acceptors (Lipinski definition) is 6. The lowest BCUT2D eigenvalue weighted by Crippen LogP contribution is -2.50. The molecule has 0 radical (unpaired) electrons. The fraction of sp³-hybridized carbons (Fsp3) is 0.333. The Balaban J connectivity index is 1.58. The molecule has 144 valence electrons. The Morgan fingerprint density at radius 3 is 2.41 bits per heavy atom. The zero-order valence-corrected chi connectivity index (χ0v) is 16.8. The van der Waals surface area contributed by atoms with Gasteiger partial charge in [-0.3, -0.25) is 4.79 Å². The number of carbonyl (C=O) groups excluding carboxylic acids is 1. The van der Waals surface area contributed by atoms with Crippen molar-refractivity contribution >= 4 is 27.7 Å². The van der Waals surface area contributed by atoms with Gasteiger partial charge >= 0.3 is 0 Å². The maximum atomic E-state index is 12.8. The Kier molecular flexibility index (Phi) is 6.03. The van der Waals surface area contributed by atoms with Crippen LogP contribution in [0.15, 0.2) is 56.1 Å². The highest BCUT2D eigenvalue weighted by molar-refractivity contribution is 8.02. The molecule has 27 heavy (non-hydrogen) atoms. The van der Waals surface area contributed by atoms with Crippen LogP contribution in [0.4, 0.5) is 0 Å². The number of thioether (sulfide) groups is 1. The van der Waals surface area contributed by atoms with Crippen LogP contribution >= 0.6 is 11.8 Å². The smallest absolute Gasteiger partial charge is 0.248 e. The van der Waals surface area contributed by atoms with Gasteiger partial charge in [0.25, 0.3) is 0 Å². The summed E-state index contributed by atoms with van der Waals surface area (Å²) in [5, 5.41) is 5.48. The third-order valence-corrected chi connectivity index (χ3v) is 7.23. The molecule has 9 heteroatoms. The van der Waals surface area contributed by atoms with E-state index in [1.165, 1.54) is 22.1 Å². The van der Waals surface area contributed by atoms with E-state index < -0.39 is 10.0 Å². The maximum absolute atomic E-state index is 12.8. The second kappa shape index (κ2) is 8.28. The van der Waals surface area contributed by atoms with Gasteiger partial charge in [0.1, 0.15) is 10.6 Å². The molecule has 0 spiro atoms. The van der Waals surface area contributed by atoms with E-state index in [4.69, 9.17) is 4.52 Å². The normalized spacial score (nSPS) is 16.1. The Bertz CT molecular complexity index is 911. The maximum Gasteiger partial charge on any atom is 0.248 e. The lowest BCUT2D eigenvalue weighted by atomic mass is 10.3. The van der Waals surface area contributed by atoms with E-state index in [1.54, 1.807) is 24.2 Å². The summed E-state index contributed by atoms with van der Waals surface area (Å²) in [6.07, 6.45) is 1.52. The molecule has 1 aromatic heterocycles. The molecule has 3 rings (SSSR count). The van der Waals surface area contributed by atoms with Crippen LogP contribution in [0.5, 0.6) is 0 Å². The second-order valence-corrected chi connectivity index (χ2v) is 8.97. The molecule has 0 N–H and O–H groups in total. The first kappa shape index (κ1) is 19.7. The summed E-state index contributed by atoms with van der Waals surface area (Å²) in [6, 6.07) is 9.76. The minimum absolute atomic E-state index is 0.118. The molecule has 1 aliphatic rings. The number of carbonyl (C=O) groups is 1. The van der Waals surface area contributed by atoms with Crippen molar-refractivity contribution in [3.63, 3.8) is 0 Å². The quantitative estimate of drug-likeness (QED) is 0.559. The number of hydrogen-bond donors (Lipinski definition) is 0. The zero-order chi connectivity index (χ0) is 19.4. The minimum atomic E-state index is -3.67. The molecule has 1 aliphatic heterocycles. The molecule has 0 atom stereocenters. The van der Waals surface area contributed by atoms with Crippen molar-refractivity contribution < 1.29 is 17.7 Å². The molecule has 7 nitrogen and oxygen atoms in total. The van der Waals surface area contributed by atoms with Gasteiger partial charge < -0.3 is 9.42 Å². The summed E-state index contributed by atoms with van der Waals surface area (Å²) in [4.78, 5) is 15.1. The van der Waals surface area contributed by atoms with Crippen molar-refractivity contribution in [2.45, 2.75) is 23.6 Å². The van der Waals surface area contributed by atoms with E-state index in [0.29, 0.717) is 18.8 Å². The summed E-state index contributed by atoms with van der Waals surface area (Å²) >= 11 is 1.47. The average molecular weight is 408 g/mol. The molecular weight excluding hydrogens is 386 g/mol. The van der Waals surface area contributed by atoms with E-state index in [1.807, 2.05) is 30.3 Å². The van der Waals surface area contributed by atoms with Crippen LogP contribution in [0.25, 0.3) is 0 Å². The van der Waals surface area contributed by atoms with Gasteiger partial charge in [-0.2, -0.15) is 4.31 Å². The van der Waals surface area contributed by atoms with Crippen molar-refractivity contribution in [3.05, 3.63) is 53.3 Å². The molecule has 0 saturated carbocycles. The van der Waals surface area contributed by atoms with E-state index in [0.717, 1.165) is 4.90 Å². The lowest BCUT2D eigenvalue weighted by Gasteiger charge is -2.33. The lowest BCUT2D eigenvalue weighted by molar-refractivity contribution is -0.127. The van der Waals surface area contributed by atoms with E-state index in [2.05, 4.69) is 5.16 Å². The number of aryl methyl sites for hydroxylation is 2. The monoisotopic (exact) mass is 407 g/mol. The summed E-state index contributed by atoms with van der Waals surface area (Å²) in [5.74, 6) is 0.166. The number of rotatable bonds is 5. The Labute approximate surface area is 163 Å². The molecule has 2 heterocycles. The van der Waals surface area contributed by atoms with Crippen LogP contribution in [0, 0.1) is 13.8 Å². The van der Waals surface area contributed by atoms with Crippen LogP contribution in [-0.4, -0.2) is 54.9 Å². The first-order valence-corrected chi connectivity index (χ1v) is 10.8. The van der Waals surface area contributed by atoms with Gasteiger partial charge in [-0.25, -0.2) is 8.42 Å². The molecule has 1 aromatic carbocycles. The Morgan fingerprint density at radius 2 is 1.81 bits per heavy atom. The van der Waals surface area contributed by atoms with Crippen molar-refractivity contribution in [3.8, 4) is 0 Å². The van der Waals surface area contributed by atoms with Crippen molar-refractivity contribution in [2.75, 3.05) is 26.2 Å². The number of piperazine rings is 1. The Morgan fingerprint density at radius 1 is 1.15 bits per heavy atom. The van der Waals surface area contributed by atoms with E-state index >= 15 is 0 Å². The predicted molar refractivity (Wildman–Crippen MR) is 103 cm³/mol. The van der Waals surface area contributed by atoms with Crippen molar-refractivity contribution in [2.24, 2.45) is 0 Å². The second-order valence-electron chi connectivity index (χ2n) is 6.12. The van der Waals surface area contributed by atoms with Gasteiger partial charge in [-0.1, -0.05) is 35.1 Å². The van der Waals surface area contributed by atoms with Gasteiger partial charge in [0.2, 0.25) is 15.9 Å². The fourth-order valence-corrected chi connectivity index (χ4v) is 5.27. The first-order chi connectivity index (χ1) is 12.9. The van der Waals surface area contributed by atoms with Crippen LogP contribution in [0.2, 0.25) is 0 Å². The highest BCUT2D eigenvalue weighted by atomic mass is 32.2. The summed E-state index contributed by atoms with van der Waals surface area (Å²) in [7, 11) is -3.67. The molecule has 0 aliphatic carbocycles. The van der Waals surface area contributed by atoms with Crippen molar-refractivity contribution in [1.82, 2.24) is 14.4 Å². The first-order valence-electron chi connectivity index (χ1n) is 8.50. The predicted octanol–water partition coefficient (Wildman–Crippen LogP) is 2.43. The SMILES string of the molecule is Cc1noc(C)c1S(=O)(=O)N1CCN(C(=O)/C=C/Sc2ccccc2)CC1. The molecular formula is C18H21N3O4S2. The zero-order valence-electron chi connectivity index (χ0n) is 15.2. The van der Waals surface area contributed by atoms with Crippen LogP contribution in [0.3, 0.4) is 0 Å². The van der Waals surface area contributed by atoms with E-state index in [9.17, 15) is 13.2 Å². The summed E-state index contributed by atoms with van der Waals surface area (Å²) in [6.45, 7) is 4.39. The highest BCUT2D eigenvalue weighted by Crippen LogP contribution is 2.24. The van der Waals surface area contributed by atoms with Gasteiger partial charge in [0, 0.05) is 37.2 Å². The minimum Gasteiger partial charge on any atom is -0.360 e. The fourth-order valence-electron chi connectivity index (χ4n) is 2.90. The van der Waals surface area contributed by atoms with Crippen LogP contribution in [-0.2, 0) is 14.8 Å². The molecule has 0 unspecified atom stereocenters. The Hall–Kier alpha value is -2.10. The molecule has 0 bridgehead atoms.